The molecule has 3 rings (SSSR count). The Morgan fingerprint density at radius 1 is 0.806 bits per heavy atom. The van der Waals surface area contributed by atoms with Crippen molar-refractivity contribution in [1.82, 2.24) is 0 Å². The van der Waals surface area contributed by atoms with E-state index in [1.54, 1.807) is 36.4 Å². The molecule has 0 bridgehead atoms. The van der Waals surface area contributed by atoms with Crippen molar-refractivity contribution in [1.29, 1.82) is 0 Å². The minimum absolute atomic E-state index is 0.000496. The monoisotopic (exact) mass is 462 g/mol. The zero-order valence-electron chi connectivity index (χ0n) is 17.9. The van der Waals surface area contributed by atoms with Gasteiger partial charge in [0.1, 0.15) is 5.78 Å². The number of carbonyl (C=O) groups is 1. The van der Waals surface area contributed by atoms with Gasteiger partial charge >= 0.3 is 0 Å². The molecule has 168 valence electrons. The van der Waals surface area contributed by atoms with E-state index in [1.165, 1.54) is 31.2 Å². The van der Waals surface area contributed by atoms with Crippen molar-refractivity contribution in [3.63, 3.8) is 0 Å². The SMILES string of the molecule is CC(CCCCC1CCCCC1=O)(S(=O)(=O)c1ccccc1)S(=O)(=O)c1ccccc1. The molecular weight excluding hydrogens is 432 g/mol. The van der Waals surface area contributed by atoms with Crippen molar-refractivity contribution in [3.8, 4) is 0 Å². The van der Waals surface area contributed by atoms with E-state index in [1.807, 2.05) is 0 Å². The van der Waals surface area contributed by atoms with Crippen LogP contribution in [0.1, 0.15) is 58.3 Å². The van der Waals surface area contributed by atoms with Crippen LogP contribution in [0, 0.1) is 5.92 Å². The van der Waals surface area contributed by atoms with Crippen molar-refractivity contribution in [3.05, 3.63) is 60.7 Å². The van der Waals surface area contributed by atoms with Crippen LogP contribution in [0.3, 0.4) is 0 Å². The second-order valence-electron chi connectivity index (χ2n) is 8.42. The Morgan fingerprint density at radius 3 is 1.81 bits per heavy atom. The van der Waals surface area contributed by atoms with Gasteiger partial charge in [-0.2, -0.15) is 0 Å². The minimum atomic E-state index is -4.18. The number of Topliss-reactive ketones (excluding diaryl/α,β-unsaturated/α-hetero) is 1. The van der Waals surface area contributed by atoms with Crippen molar-refractivity contribution < 1.29 is 21.6 Å². The Labute approximate surface area is 185 Å². The number of rotatable bonds is 9. The summed E-state index contributed by atoms with van der Waals surface area (Å²) < 4.78 is 52.4. The van der Waals surface area contributed by atoms with Gasteiger partial charge in [-0.25, -0.2) is 16.8 Å². The summed E-state index contributed by atoms with van der Waals surface area (Å²) in [7, 11) is -8.35. The molecule has 2 aromatic rings. The summed E-state index contributed by atoms with van der Waals surface area (Å²) >= 11 is 0. The van der Waals surface area contributed by atoms with Gasteiger partial charge in [0.05, 0.1) is 9.79 Å². The Bertz CT molecular complexity index is 1020. The Balaban J connectivity index is 1.89. The van der Waals surface area contributed by atoms with E-state index < -0.39 is 23.8 Å². The van der Waals surface area contributed by atoms with E-state index in [4.69, 9.17) is 0 Å². The summed E-state index contributed by atoms with van der Waals surface area (Å²) in [5.74, 6) is 0.305. The van der Waals surface area contributed by atoms with Crippen LogP contribution in [0.4, 0.5) is 0 Å². The molecule has 0 aromatic heterocycles. The van der Waals surface area contributed by atoms with Gasteiger partial charge in [0, 0.05) is 12.3 Å². The highest BCUT2D eigenvalue weighted by Gasteiger charge is 2.51. The normalized spacial score (nSPS) is 18.1. The Kier molecular flexibility index (Phi) is 7.37. The molecule has 1 atom stereocenters. The zero-order valence-corrected chi connectivity index (χ0v) is 19.5. The van der Waals surface area contributed by atoms with Crippen molar-refractivity contribution >= 4 is 25.5 Å². The van der Waals surface area contributed by atoms with Gasteiger partial charge in [-0.05, 0) is 56.9 Å². The summed E-state index contributed by atoms with van der Waals surface area (Å²) in [6.45, 7) is 1.32. The number of hydrogen-bond donors (Lipinski definition) is 0. The first kappa shape index (κ1) is 23.7. The number of carbonyl (C=O) groups excluding carboxylic acids is 1. The quantitative estimate of drug-likeness (QED) is 0.491. The standard InChI is InChI=1S/C24H30O5S2/c1-24(30(26,27)21-14-4-2-5-15-21,31(28,29)22-16-6-3-7-17-22)19-11-10-13-20-12-8-9-18-23(20)25/h2-7,14-17,20H,8-13,18-19H2,1H3. The fourth-order valence-electron chi connectivity index (χ4n) is 4.31. The number of hydrogen-bond acceptors (Lipinski definition) is 5. The number of sulfone groups is 2. The van der Waals surface area contributed by atoms with Crippen LogP contribution < -0.4 is 0 Å². The summed E-state index contributed by atoms with van der Waals surface area (Å²) in [4.78, 5) is 12.1. The smallest absolute Gasteiger partial charge is 0.198 e. The maximum atomic E-state index is 13.6. The van der Waals surface area contributed by atoms with E-state index >= 15 is 0 Å². The lowest BCUT2D eigenvalue weighted by atomic mass is 9.84. The zero-order chi connectivity index (χ0) is 22.5. The molecule has 0 heterocycles. The van der Waals surface area contributed by atoms with Crippen LogP contribution in [0.15, 0.2) is 70.5 Å². The van der Waals surface area contributed by atoms with Gasteiger partial charge in [0.15, 0.2) is 23.8 Å². The lowest BCUT2D eigenvalue weighted by Gasteiger charge is -2.30. The second kappa shape index (κ2) is 9.65. The molecule has 0 saturated heterocycles. The predicted octanol–water partition coefficient (Wildman–Crippen LogP) is 4.97. The van der Waals surface area contributed by atoms with Gasteiger partial charge in [-0.3, -0.25) is 4.79 Å². The highest BCUT2D eigenvalue weighted by molar-refractivity contribution is 8.10. The maximum absolute atomic E-state index is 13.6. The molecule has 0 aliphatic heterocycles. The molecule has 1 aliphatic carbocycles. The minimum Gasteiger partial charge on any atom is -0.299 e. The number of benzene rings is 2. The molecule has 0 spiro atoms. The van der Waals surface area contributed by atoms with Gasteiger partial charge in [-0.1, -0.05) is 55.7 Å². The van der Waals surface area contributed by atoms with Crippen LogP contribution >= 0.6 is 0 Å². The second-order valence-corrected chi connectivity index (χ2v) is 13.4. The van der Waals surface area contributed by atoms with Crippen LogP contribution in [0.5, 0.6) is 0 Å². The number of ketones is 1. The summed E-state index contributed by atoms with van der Waals surface area (Å²) in [6, 6.07) is 15.5. The highest BCUT2D eigenvalue weighted by atomic mass is 32.3. The van der Waals surface area contributed by atoms with Crippen molar-refractivity contribution in [2.75, 3.05) is 0 Å². The molecule has 5 nitrogen and oxygen atoms in total. The lowest BCUT2D eigenvalue weighted by Crippen LogP contribution is -2.43. The van der Waals surface area contributed by atoms with Gasteiger partial charge < -0.3 is 0 Å². The Morgan fingerprint density at radius 2 is 1.32 bits per heavy atom. The molecule has 0 N–H and O–H groups in total. The third-order valence-corrected chi connectivity index (χ3v) is 12.1. The molecule has 1 saturated carbocycles. The highest BCUT2D eigenvalue weighted by Crippen LogP contribution is 2.39. The largest absolute Gasteiger partial charge is 0.299 e. The topological polar surface area (TPSA) is 85.3 Å². The average Bonchev–Trinajstić information content (AvgIpc) is 2.78. The molecule has 0 radical (unpaired) electrons. The first-order valence-corrected chi connectivity index (χ1v) is 13.8. The molecule has 31 heavy (non-hydrogen) atoms. The molecule has 0 amide bonds. The molecule has 7 heteroatoms. The molecular formula is C24H30O5S2. The van der Waals surface area contributed by atoms with Crippen molar-refractivity contribution in [2.24, 2.45) is 5.92 Å². The first-order chi connectivity index (χ1) is 14.7. The van der Waals surface area contributed by atoms with E-state index in [2.05, 4.69) is 0 Å². The molecule has 1 fully saturated rings. The summed E-state index contributed by atoms with van der Waals surface area (Å²) in [5.41, 5.74) is 0. The number of unbranched alkanes of at least 4 members (excludes halogenated alkanes) is 1. The Hall–Kier alpha value is -1.99. The fourth-order valence-corrected chi connectivity index (χ4v) is 8.90. The molecule has 1 unspecified atom stereocenters. The van der Waals surface area contributed by atoms with E-state index in [0.717, 1.165) is 19.3 Å². The predicted molar refractivity (Wildman–Crippen MR) is 121 cm³/mol. The van der Waals surface area contributed by atoms with Gasteiger partial charge in [-0.15, -0.1) is 0 Å². The van der Waals surface area contributed by atoms with Crippen LogP contribution in [0.25, 0.3) is 0 Å². The van der Waals surface area contributed by atoms with Gasteiger partial charge in [0.25, 0.3) is 0 Å². The van der Waals surface area contributed by atoms with E-state index in [0.29, 0.717) is 25.7 Å². The third kappa shape index (κ3) is 4.77. The molecule has 1 aliphatic rings. The van der Waals surface area contributed by atoms with Crippen LogP contribution in [0.2, 0.25) is 0 Å². The van der Waals surface area contributed by atoms with Crippen LogP contribution in [-0.2, 0) is 24.5 Å². The van der Waals surface area contributed by atoms with Crippen LogP contribution in [-0.4, -0.2) is 26.7 Å². The van der Waals surface area contributed by atoms with Gasteiger partial charge in [0.2, 0.25) is 0 Å². The summed E-state index contributed by atoms with van der Waals surface area (Å²) in [5, 5.41) is 0. The van der Waals surface area contributed by atoms with E-state index in [-0.39, 0.29) is 27.9 Å². The summed E-state index contributed by atoms with van der Waals surface area (Å²) in [6.07, 6.45) is 5.18. The van der Waals surface area contributed by atoms with Crippen molar-refractivity contribution in [2.45, 2.75) is 72.2 Å². The first-order valence-electron chi connectivity index (χ1n) is 10.8. The lowest BCUT2D eigenvalue weighted by molar-refractivity contribution is -0.124. The molecule has 2 aromatic carbocycles. The third-order valence-electron chi connectivity index (χ3n) is 6.36. The fraction of sp³-hybridized carbons (Fsp3) is 0.458. The maximum Gasteiger partial charge on any atom is 0.198 e. The van der Waals surface area contributed by atoms with E-state index in [9.17, 15) is 21.6 Å². The average molecular weight is 463 g/mol.